The number of hydrogen-bond acceptors (Lipinski definition) is 3. The van der Waals surface area contributed by atoms with Crippen molar-refractivity contribution in [3.8, 4) is 11.5 Å². The second kappa shape index (κ2) is 7.64. The molecule has 0 atom stereocenters. The summed E-state index contributed by atoms with van der Waals surface area (Å²) in [5.41, 5.74) is 1.00. The maximum Gasteiger partial charge on any atom is 0.147 e. The molecule has 2 rings (SSSR count). The number of ether oxygens (including phenoxy) is 1. The first-order valence-corrected chi connectivity index (χ1v) is 7.57. The number of rotatable bonds is 6. The fourth-order valence-corrected chi connectivity index (χ4v) is 2.21. The Morgan fingerprint density at radius 1 is 1.14 bits per heavy atom. The van der Waals surface area contributed by atoms with Crippen molar-refractivity contribution < 1.29 is 4.74 Å². The molecule has 5 heteroatoms. The van der Waals surface area contributed by atoms with E-state index < -0.39 is 0 Å². The average molecular weight is 325 g/mol. The van der Waals surface area contributed by atoms with Crippen molar-refractivity contribution in [1.29, 1.82) is 0 Å². The topological polar surface area (TPSA) is 34.1 Å². The number of aromatic nitrogens is 1. The number of hydrogen-bond donors (Lipinski definition) is 1. The van der Waals surface area contributed by atoms with Gasteiger partial charge in [-0.3, -0.25) is 4.98 Å². The third-order valence-corrected chi connectivity index (χ3v) is 3.24. The van der Waals surface area contributed by atoms with Crippen LogP contribution in [0.3, 0.4) is 0 Å². The Bertz CT molecular complexity index is 603. The second-order valence-corrected chi connectivity index (χ2v) is 6.09. The van der Waals surface area contributed by atoms with Crippen LogP contribution in [0.25, 0.3) is 0 Å². The Morgan fingerprint density at radius 2 is 1.95 bits per heavy atom. The molecular weight excluding hydrogens is 307 g/mol. The molecule has 0 aliphatic heterocycles. The Hall–Kier alpha value is -1.29. The van der Waals surface area contributed by atoms with Crippen LogP contribution in [-0.4, -0.2) is 11.5 Å². The van der Waals surface area contributed by atoms with Gasteiger partial charge < -0.3 is 10.1 Å². The minimum Gasteiger partial charge on any atom is -0.455 e. The van der Waals surface area contributed by atoms with Crippen molar-refractivity contribution in [2.24, 2.45) is 5.92 Å². The summed E-state index contributed by atoms with van der Waals surface area (Å²) in [4.78, 5) is 4.01. The first-order valence-electron chi connectivity index (χ1n) is 6.82. The van der Waals surface area contributed by atoms with E-state index in [1.807, 2.05) is 12.1 Å². The van der Waals surface area contributed by atoms with E-state index in [-0.39, 0.29) is 0 Å². The average Bonchev–Trinajstić information content (AvgIpc) is 2.41. The highest BCUT2D eigenvalue weighted by atomic mass is 35.5. The molecule has 0 fully saturated rings. The fraction of sp³-hybridized carbons (Fsp3) is 0.312. The summed E-state index contributed by atoms with van der Waals surface area (Å²) < 4.78 is 5.86. The lowest BCUT2D eigenvalue weighted by Crippen LogP contribution is -2.19. The molecule has 1 heterocycles. The van der Waals surface area contributed by atoms with E-state index in [1.165, 1.54) is 0 Å². The number of pyridine rings is 1. The van der Waals surface area contributed by atoms with E-state index in [2.05, 4.69) is 24.1 Å². The first-order chi connectivity index (χ1) is 10.0. The van der Waals surface area contributed by atoms with Crippen molar-refractivity contribution in [1.82, 2.24) is 10.3 Å². The Labute approximate surface area is 135 Å². The van der Waals surface area contributed by atoms with Gasteiger partial charge in [-0.05, 0) is 30.7 Å². The highest BCUT2D eigenvalue weighted by Gasteiger charge is 2.07. The summed E-state index contributed by atoms with van der Waals surface area (Å²) in [6.45, 7) is 5.97. The van der Waals surface area contributed by atoms with Crippen LogP contribution in [-0.2, 0) is 6.54 Å². The molecule has 1 aromatic carbocycles. The molecular formula is C16H18Cl2N2O. The third kappa shape index (κ3) is 5.20. The molecule has 0 unspecified atom stereocenters. The minimum atomic E-state index is 0.543. The summed E-state index contributed by atoms with van der Waals surface area (Å²) in [5.74, 6) is 1.94. The van der Waals surface area contributed by atoms with Gasteiger partial charge >= 0.3 is 0 Å². The van der Waals surface area contributed by atoms with E-state index >= 15 is 0 Å². The maximum atomic E-state index is 6.07. The lowest BCUT2D eigenvalue weighted by molar-refractivity contribution is 0.467. The Kier molecular flexibility index (Phi) is 5.85. The van der Waals surface area contributed by atoms with Gasteiger partial charge in [-0.25, -0.2) is 0 Å². The van der Waals surface area contributed by atoms with Crippen molar-refractivity contribution in [2.45, 2.75) is 20.4 Å². The molecule has 0 radical (unpaired) electrons. The summed E-state index contributed by atoms with van der Waals surface area (Å²) in [6, 6.07) is 7.30. The van der Waals surface area contributed by atoms with Gasteiger partial charge in [-0.1, -0.05) is 37.0 Å². The zero-order chi connectivity index (χ0) is 15.2. The monoisotopic (exact) mass is 324 g/mol. The predicted octanol–water partition coefficient (Wildman–Crippen LogP) is 4.93. The Morgan fingerprint density at radius 3 is 2.67 bits per heavy atom. The lowest BCUT2D eigenvalue weighted by atomic mass is 10.1. The van der Waals surface area contributed by atoms with Crippen LogP contribution in [0.2, 0.25) is 10.0 Å². The van der Waals surface area contributed by atoms with Gasteiger partial charge in [0, 0.05) is 29.4 Å². The SMILES string of the molecule is CC(C)CNCc1cc(Cl)ccc1Oc1cncc(Cl)c1. The molecule has 0 saturated heterocycles. The third-order valence-electron chi connectivity index (χ3n) is 2.80. The van der Waals surface area contributed by atoms with Crippen molar-refractivity contribution >= 4 is 23.2 Å². The zero-order valence-corrected chi connectivity index (χ0v) is 13.6. The molecule has 21 heavy (non-hydrogen) atoms. The normalized spacial score (nSPS) is 10.9. The molecule has 0 aliphatic rings. The van der Waals surface area contributed by atoms with Gasteiger partial charge in [0.2, 0.25) is 0 Å². The highest BCUT2D eigenvalue weighted by molar-refractivity contribution is 6.30. The van der Waals surface area contributed by atoms with Crippen LogP contribution < -0.4 is 10.1 Å². The first kappa shape index (κ1) is 16.1. The van der Waals surface area contributed by atoms with Crippen LogP contribution in [0.4, 0.5) is 0 Å². The molecule has 0 bridgehead atoms. The van der Waals surface area contributed by atoms with E-state index in [0.717, 1.165) is 17.9 Å². The number of halogens is 2. The summed E-state index contributed by atoms with van der Waals surface area (Å²) in [6.07, 6.45) is 3.20. The largest absolute Gasteiger partial charge is 0.455 e. The lowest BCUT2D eigenvalue weighted by Gasteiger charge is -2.13. The summed E-state index contributed by atoms with van der Waals surface area (Å²) in [7, 11) is 0. The molecule has 0 aliphatic carbocycles. The number of nitrogens with one attached hydrogen (secondary N) is 1. The van der Waals surface area contributed by atoms with Gasteiger partial charge in [0.15, 0.2) is 0 Å². The van der Waals surface area contributed by atoms with Crippen LogP contribution in [0.15, 0.2) is 36.7 Å². The van der Waals surface area contributed by atoms with Gasteiger partial charge in [-0.2, -0.15) is 0 Å². The highest BCUT2D eigenvalue weighted by Crippen LogP contribution is 2.28. The Balaban J connectivity index is 2.14. The van der Waals surface area contributed by atoms with E-state index in [0.29, 0.717) is 28.3 Å². The summed E-state index contributed by atoms with van der Waals surface area (Å²) in [5, 5.41) is 4.62. The molecule has 2 aromatic rings. The van der Waals surface area contributed by atoms with Crippen molar-refractivity contribution in [3.63, 3.8) is 0 Å². The van der Waals surface area contributed by atoms with E-state index in [9.17, 15) is 0 Å². The molecule has 1 N–H and O–H groups in total. The van der Waals surface area contributed by atoms with Crippen LogP contribution in [0.5, 0.6) is 11.5 Å². The second-order valence-electron chi connectivity index (χ2n) is 5.22. The van der Waals surface area contributed by atoms with Gasteiger partial charge in [0.05, 0.1) is 11.2 Å². The van der Waals surface area contributed by atoms with Gasteiger partial charge in [-0.15, -0.1) is 0 Å². The van der Waals surface area contributed by atoms with Gasteiger partial charge in [0.1, 0.15) is 11.5 Å². The van der Waals surface area contributed by atoms with E-state index in [1.54, 1.807) is 24.5 Å². The number of nitrogens with zero attached hydrogens (tertiary/aromatic N) is 1. The molecule has 3 nitrogen and oxygen atoms in total. The molecule has 0 spiro atoms. The van der Waals surface area contributed by atoms with E-state index in [4.69, 9.17) is 27.9 Å². The minimum absolute atomic E-state index is 0.543. The van der Waals surface area contributed by atoms with Crippen molar-refractivity contribution in [2.75, 3.05) is 6.54 Å². The molecule has 0 saturated carbocycles. The smallest absolute Gasteiger partial charge is 0.147 e. The van der Waals surface area contributed by atoms with Crippen LogP contribution in [0.1, 0.15) is 19.4 Å². The predicted molar refractivity (Wildman–Crippen MR) is 87.3 cm³/mol. The maximum absolute atomic E-state index is 6.07. The molecule has 0 amide bonds. The quantitative estimate of drug-likeness (QED) is 0.818. The van der Waals surface area contributed by atoms with Crippen molar-refractivity contribution in [3.05, 3.63) is 52.3 Å². The molecule has 112 valence electrons. The summed E-state index contributed by atoms with van der Waals surface area (Å²) >= 11 is 12.0. The standard InChI is InChI=1S/C16H18Cl2N2O/c1-11(2)7-19-8-12-5-13(17)3-4-16(12)21-15-6-14(18)9-20-10-15/h3-6,9-11,19H,7-8H2,1-2H3. The van der Waals surface area contributed by atoms with Crippen LogP contribution >= 0.6 is 23.2 Å². The van der Waals surface area contributed by atoms with Crippen LogP contribution in [0, 0.1) is 5.92 Å². The number of benzene rings is 1. The fourth-order valence-electron chi connectivity index (χ4n) is 1.86. The van der Waals surface area contributed by atoms with Gasteiger partial charge in [0.25, 0.3) is 0 Å². The zero-order valence-electron chi connectivity index (χ0n) is 12.1. The molecule has 1 aromatic heterocycles.